The molecule has 0 aliphatic heterocycles. The zero-order valence-electron chi connectivity index (χ0n) is 11.9. The molecule has 1 aromatic rings. The number of hydrogen-bond acceptors (Lipinski definition) is 2. The molecule has 1 amide bonds. The summed E-state index contributed by atoms with van der Waals surface area (Å²) in [6, 6.07) is 9.59. The Morgan fingerprint density at radius 3 is 2.40 bits per heavy atom. The van der Waals surface area contributed by atoms with Crippen LogP contribution in [0.15, 0.2) is 30.3 Å². The van der Waals surface area contributed by atoms with Crippen LogP contribution in [0, 0.1) is 17.8 Å². The molecule has 20 heavy (non-hydrogen) atoms. The smallest absolute Gasteiger partial charge is 0.307 e. The average Bonchev–Trinajstić information content (AvgIpc) is 2.82. The Morgan fingerprint density at radius 1 is 1.20 bits per heavy atom. The molecule has 0 spiro atoms. The van der Waals surface area contributed by atoms with Crippen LogP contribution in [0.25, 0.3) is 0 Å². The van der Waals surface area contributed by atoms with Crippen molar-refractivity contribution >= 4 is 11.9 Å². The molecule has 1 aliphatic rings. The van der Waals surface area contributed by atoms with Gasteiger partial charge in [-0.2, -0.15) is 0 Å². The van der Waals surface area contributed by atoms with Gasteiger partial charge in [-0.15, -0.1) is 0 Å². The molecule has 0 saturated heterocycles. The minimum absolute atomic E-state index is 0.103. The van der Waals surface area contributed by atoms with Crippen molar-refractivity contribution in [2.75, 3.05) is 0 Å². The second-order valence-corrected chi connectivity index (χ2v) is 5.77. The molecule has 1 saturated carbocycles. The molecular weight excluding hydrogens is 254 g/mol. The van der Waals surface area contributed by atoms with E-state index < -0.39 is 17.8 Å². The van der Waals surface area contributed by atoms with E-state index in [1.807, 2.05) is 44.2 Å². The third-order valence-electron chi connectivity index (χ3n) is 4.11. The topological polar surface area (TPSA) is 66.4 Å². The van der Waals surface area contributed by atoms with E-state index in [9.17, 15) is 14.7 Å². The maximum atomic E-state index is 12.3. The van der Waals surface area contributed by atoms with Gasteiger partial charge < -0.3 is 10.4 Å². The first-order valence-corrected chi connectivity index (χ1v) is 7.07. The molecular formula is C16H21NO3. The SMILES string of the molecule is CC1C[C@H](C(=O)N[C@@H](C)c2ccccc2)[C@H](C(=O)O)C1. The Hall–Kier alpha value is -1.84. The maximum absolute atomic E-state index is 12.3. The Morgan fingerprint density at radius 2 is 1.80 bits per heavy atom. The van der Waals surface area contributed by atoms with Crippen molar-refractivity contribution in [3.63, 3.8) is 0 Å². The van der Waals surface area contributed by atoms with E-state index in [-0.39, 0.29) is 11.9 Å². The first-order chi connectivity index (χ1) is 9.49. The number of carboxylic acid groups (broad SMARTS) is 1. The predicted octanol–water partition coefficient (Wildman–Crippen LogP) is 2.61. The van der Waals surface area contributed by atoms with E-state index in [0.717, 1.165) is 5.56 Å². The van der Waals surface area contributed by atoms with Crippen LogP contribution in [0.4, 0.5) is 0 Å². The van der Waals surface area contributed by atoms with Crippen LogP contribution in [0.1, 0.15) is 38.3 Å². The number of aliphatic carboxylic acids is 1. The summed E-state index contributed by atoms with van der Waals surface area (Å²) in [5.74, 6) is -1.67. The first kappa shape index (κ1) is 14.6. The van der Waals surface area contributed by atoms with Gasteiger partial charge in [0.15, 0.2) is 0 Å². The Balaban J connectivity index is 2.02. The number of carbonyl (C=O) groups excluding carboxylic acids is 1. The number of benzene rings is 1. The summed E-state index contributed by atoms with van der Waals surface area (Å²) in [5, 5.41) is 12.2. The van der Waals surface area contributed by atoms with Gasteiger partial charge in [-0.3, -0.25) is 9.59 Å². The molecule has 2 N–H and O–H groups in total. The van der Waals surface area contributed by atoms with Gasteiger partial charge in [-0.25, -0.2) is 0 Å². The van der Waals surface area contributed by atoms with Crippen LogP contribution in [0.5, 0.6) is 0 Å². The standard InChI is InChI=1S/C16H21NO3/c1-10-8-13(14(9-10)16(19)20)15(18)17-11(2)12-6-4-3-5-7-12/h3-7,10-11,13-14H,8-9H2,1-2H3,(H,17,18)(H,19,20)/t10?,11-,13-,14+/m0/s1. The molecule has 1 aromatic carbocycles. The van der Waals surface area contributed by atoms with Crippen molar-refractivity contribution in [3.05, 3.63) is 35.9 Å². The second-order valence-electron chi connectivity index (χ2n) is 5.77. The molecule has 4 nitrogen and oxygen atoms in total. The Bertz CT molecular complexity index is 486. The summed E-state index contributed by atoms with van der Waals surface area (Å²) in [5.41, 5.74) is 1.03. The molecule has 1 fully saturated rings. The molecule has 0 heterocycles. The fourth-order valence-corrected chi connectivity index (χ4v) is 3.00. The minimum Gasteiger partial charge on any atom is -0.481 e. The van der Waals surface area contributed by atoms with Gasteiger partial charge in [0, 0.05) is 0 Å². The normalized spacial score (nSPS) is 27.0. The van der Waals surface area contributed by atoms with E-state index >= 15 is 0 Å². The number of carboxylic acids is 1. The van der Waals surface area contributed by atoms with Crippen LogP contribution < -0.4 is 5.32 Å². The summed E-state index contributed by atoms with van der Waals surface area (Å²) in [6.07, 6.45) is 1.25. The molecule has 1 aliphatic carbocycles. The lowest BCUT2D eigenvalue weighted by molar-refractivity contribution is -0.146. The number of carbonyl (C=O) groups is 2. The molecule has 0 aromatic heterocycles. The van der Waals surface area contributed by atoms with E-state index in [2.05, 4.69) is 5.32 Å². The van der Waals surface area contributed by atoms with Gasteiger partial charge in [-0.05, 0) is 31.2 Å². The van der Waals surface area contributed by atoms with Gasteiger partial charge >= 0.3 is 5.97 Å². The molecule has 2 rings (SSSR count). The minimum atomic E-state index is -0.859. The van der Waals surface area contributed by atoms with Crippen LogP contribution in [0.3, 0.4) is 0 Å². The zero-order valence-corrected chi connectivity index (χ0v) is 11.9. The van der Waals surface area contributed by atoms with E-state index in [1.54, 1.807) is 0 Å². The van der Waals surface area contributed by atoms with E-state index in [1.165, 1.54) is 0 Å². The van der Waals surface area contributed by atoms with E-state index in [4.69, 9.17) is 0 Å². The lowest BCUT2D eigenvalue weighted by Gasteiger charge is -2.20. The van der Waals surface area contributed by atoms with Crippen molar-refractivity contribution in [1.29, 1.82) is 0 Å². The highest BCUT2D eigenvalue weighted by Gasteiger charge is 2.41. The second kappa shape index (κ2) is 6.07. The number of nitrogens with one attached hydrogen (secondary N) is 1. The van der Waals surface area contributed by atoms with Crippen molar-refractivity contribution in [3.8, 4) is 0 Å². The van der Waals surface area contributed by atoms with E-state index in [0.29, 0.717) is 18.8 Å². The number of amides is 1. The third-order valence-corrected chi connectivity index (χ3v) is 4.11. The Kier molecular flexibility index (Phi) is 4.42. The average molecular weight is 275 g/mol. The molecule has 108 valence electrons. The van der Waals surface area contributed by atoms with Crippen LogP contribution in [-0.4, -0.2) is 17.0 Å². The predicted molar refractivity (Wildman–Crippen MR) is 76.0 cm³/mol. The summed E-state index contributed by atoms with van der Waals surface area (Å²) in [4.78, 5) is 23.6. The van der Waals surface area contributed by atoms with Gasteiger partial charge in [-0.1, -0.05) is 37.3 Å². The van der Waals surface area contributed by atoms with Crippen LogP contribution in [0.2, 0.25) is 0 Å². The highest BCUT2D eigenvalue weighted by Crippen LogP contribution is 2.36. The van der Waals surface area contributed by atoms with Gasteiger partial charge in [0.2, 0.25) is 5.91 Å². The van der Waals surface area contributed by atoms with Crippen LogP contribution in [-0.2, 0) is 9.59 Å². The zero-order chi connectivity index (χ0) is 14.7. The number of hydrogen-bond donors (Lipinski definition) is 2. The number of rotatable bonds is 4. The lowest BCUT2D eigenvalue weighted by atomic mass is 9.94. The third kappa shape index (κ3) is 3.18. The monoisotopic (exact) mass is 275 g/mol. The highest BCUT2D eigenvalue weighted by atomic mass is 16.4. The Labute approximate surface area is 119 Å². The molecule has 0 radical (unpaired) electrons. The maximum Gasteiger partial charge on any atom is 0.307 e. The fourth-order valence-electron chi connectivity index (χ4n) is 3.00. The molecule has 1 unspecified atom stereocenters. The summed E-state index contributed by atoms with van der Waals surface area (Å²) < 4.78 is 0. The quantitative estimate of drug-likeness (QED) is 0.887. The summed E-state index contributed by atoms with van der Waals surface area (Å²) in [6.45, 7) is 3.92. The fraction of sp³-hybridized carbons (Fsp3) is 0.500. The van der Waals surface area contributed by atoms with Crippen molar-refractivity contribution in [2.45, 2.75) is 32.7 Å². The van der Waals surface area contributed by atoms with Crippen molar-refractivity contribution in [2.24, 2.45) is 17.8 Å². The van der Waals surface area contributed by atoms with Gasteiger partial charge in [0.05, 0.1) is 17.9 Å². The highest BCUT2D eigenvalue weighted by molar-refractivity contribution is 5.85. The van der Waals surface area contributed by atoms with Crippen LogP contribution >= 0.6 is 0 Å². The largest absolute Gasteiger partial charge is 0.481 e. The molecule has 4 atom stereocenters. The van der Waals surface area contributed by atoms with Crippen molar-refractivity contribution in [1.82, 2.24) is 5.32 Å². The van der Waals surface area contributed by atoms with Crippen molar-refractivity contribution < 1.29 is 14.7 Å². The van der Waals surface area contributed by atoms with Gasteiger partial charge in [0.25, 0.3) is 0 Å². The van der Waals surface area contributed by atoms with Gasteiger partial charge in [0.1, 0.15) is 0 Å². The first-order valence-electron chi connectivity index (χ1n) is 7.07. The molecule has 0 bridgehead atoms. The lowest BCUT2D eigenvalue weighted by Crippen LogP contribution is -2.36. The molecule has 4 heteroatoms. The summed E-state index contributed by atoms with van der Waals surface area (Å²) >= 11 is 0. The summed E-state index contributed by atoms with van der Waals surface area (Å²) in [7, 11) is 0.